The fraction of sp³-hybridized carbons (Fsp3) is 1.00. The molecule has 0 aromatic heterocycles. The lowest BCUT2D eigenvalue weighted by Gasteiger charge is -2.61. The summed E-state index contributed by atoms with van der Waals surface area (Å²) in [6.07, 6.45) is 11.8. The summed E-state index contributed by atoms with van der Waals surface area (Å²) < 4.78 is 6.20. The molecule has 142 valence electrons. The molecule has 0 amide bonds. The molecule has 0 aromatic carbocycles. The normalized spacial score (nSPS) is 60.4. The van der Waals surface area contributed by atoms with Crippen LogP contribution in [0.3, 0.4) is 0 Å². The Labute approximate surface area is 154 Å². The molecule has 2 heteroatoms. The Kier molecular flexibility index (Phi) is 3.58. The number of hydrogen-bond acceptors (Lipinski definition) is 2. The molecule has 5 saturated carbocycles. The highest BCUT2D eigenvalue weighted by molar-refractivity contribution is 5.26. The van der Waals surface area contributed by atoms with Gasteiger partial charge in [-0.05, 0) is 97.7 Å². The van der Waals surface area contributed by atoms with Gasteiger partial charge in [-0.3, -0.25) is 0 Å². The van der Waals surface area contributed by atoms with Gasteiger partial charge in [0.15, 0.2) is 0 Å². The summed E-state index contributed by atoms with van der Waals surface area (Å²) in [5.74, 6) is 4.85. The summed E-state index contributed by atoms with van der Waals surface area (Å²) in [7, 11) is 1.99. The third-order valence-electron chi connectivity index (χ3n) is 10.9. The molecule has 2 unspecified atom stereocenters. The van der Waals surface area contributed by atoms with E-state index in [1.165, 1.54) is 51.4 Å². The lowest BCUT2D eigenvalue weighted by molar-refractivity contribution is -0.161. The van der Waals surface area contributed by atoms with Gasteiger partial charge in [-0.25, -0.2) is 0 Å². The van der Waals surface area contributed by atoms with Crippen LogP contribution < -0.4 is 0 Å². The average Bonchev–Trinajstić information content (AvgIpc) is 3.12. The van der Waals surface area contributed by atoms with Crippen LogP contribution in [-0.2, 0) is 4.74 Å². The van der Waals surface area contributed by atoms with Crippen molar-refractivity contribution in [3.63, 3.8) is 0 Å². The third kappa shape index (κ3) is 1.85. The molecule has 0 saturated heterocycles. The average molecular weight is 347 g/mol. The van der Waals surface area contributed by atoms with E-state index in [-0.39, 0.29) is 0 Å². The molecule has 0 radical (unpaired) electrons. The van der Waals surface area contributed by atoms with Gasteiger partial charge in [0, 0.05) is 19.1 Å². The number of aliphatic hydroxyl groups is 1. The van der Waals surface area contributed by atoms with Crippen molar-refractivity contribution in [1.82, 2.24) is 0 Å². The van der Waals surface area contributed by atoms with Crippen molar-refractivity contribution in [2.45, 2.75) is 78.2 Å². The van der Waals surface area contributed by atoms with Gasteiger partial charge in [-0.1, -0.05) is 20.8 Å². The van der Waals surface area contributed by atoms with E-state index in [1.54, 1.807) is 0 Å². The molecule has 0 aromatic rings. The predicted molar refractivity (Wildman–Crippen MR) is 100 cm³/mol. The van der Waals surface area contributed by atoms with Crippen LogP contribution in [0.1, 0.15) is 72.1 Å². The minimum Gasteiger partial charge on any atom is -0.396 e. The summed E-state index contributed by atoms with van der Waals surface area (Å²) in [5, 5.41) is 9.80. The van der Waals surface area contributed by atoms with Crippen molar-refractivity contribution in [3.05, 3.63) is 0 Å². The van der Waals surface area contributed by atoms with E-state index < -0.39 is 0 Å². The van der Waals surface area contributed by atoms with Gasteiger partial charge >= 0.3 is 0 Å². The molecule has 5 rings (SSSR count). The van der Waals surface area contributed by atoms with E-state index in [1.807, 2.05) is 7.11 Å². The molecule has 25 heavy (non-hydrogen) atoms. The van der Waals surface area contributed by atoms with Crippen LogP contribution in [0, 0.1) is 51.8 Å². The maximum atomic E-state index is 9.80. The molecule has 0 aliphatic heterocycles. The number of ether oxygens (including phenoxy) is 1. The fourth-order valence-electron chi connectivity index (χ4n) is 9.68. The van der Waals surface area contributed by atoms with Crippen LogP contribution >= 0.6 is 0 Å². The summed E-state index contributed by atoms with van der Waals surface area (Å²) in [6, 6.07) is 0. The minimum absolute atomic E-state index is 0.365. The van der Waals surface area contributed by atoms with Gasteiger partial charge in [0.05, 0.1) is 6.10 Å². The maximum absolute atomic E-state index is 9.80. The molecule has 5 fully saturated rings. The Morgan fingerprint density at radius 3 is 2.56 bits per heavy atom. The second-order valence-electron chi connectivity index (χ2n) is 11.1. The van der Waals surface area contributed by atoms with Gasteiger partial charge < -0.3 is 9.84 Å². The first kappa shape index (κ1) is 17.0. The Morgan fingerprint density at radius 2 is 1.88 bits per heavy atom. The van der Waals surface area contributed by atoms with Crippen molar-refractivity contribution in [2.75, 3.05) is 13.7 Å². The molecule has 10 atom stereocenters. The van der Waals surface area contributed by atoms with Gasteiger partial charge in [0.2, 0.25) is 0 Å². The van der Waals surface area contributed by atoms with E-state index in [9.17, 15) is 5.11 Å². The molecule has 5 aliphatic carbocycles. The van der Waals surface area contributed by atoms with E-state index in [0.29, 0.717) is 34.9 Å². The van der Waals surface area contributed by atoms with E-state index in [0.717, 1.165) is 29.6 Å². The van der Waals surface area contributed by atoms with Crippen LogP contribution in [0.4, 0.5) is 0 Å². The van der Waals surface area contributed by atoms with Crippen molar-refractivity contribution >= 4 is 0 Å². The SMILES string of the molecule is COC1C[C@H]2[C@@H]3CC[C@H]([C@H](C)CO)[C@@]3(C)CC[C@@H]2[C@@]2(C)CC[C@@H]3CC132. The first-order chi connectivity index (χ1) is 11.9. The van der Waals surface area contributed by atoms with Gasteiger partial charge in [0.25, 0.3) is 0 Å². The zero-order chi connectivity index (χ0) is 17.6. The maximum Gasteiger partial charge on any atom is 0.0638 e. The monoisotopic (exact) mass is 346 g/mol. The molecule has 2 nitrogen and oxygen atoms in total. The smallest absolute Gasteiger partial charge is 0.0638 e. The van der Waals surface area contributed by atoms with Crippen LogP contribution in [0.15, 0.2) is 0 Å². The van der Waals surface area contributed by atoms with Crippen molar-refractivity contribution in [3.8, 4) is 0 Å². The van der Waals surface area contributed by atoms with E-state index in [2.05, 4.69) is 20.8 Å². The Balaban J connectivity index is 1.49. The second kappa shape index (κ2) is 5.25. The molecular weight excluding hydrogens is 308 g/mol. The zero-order valence-corrected chi connectivity index (χ0v) is 16.8. The van der Waals surface area contributed by atoms with E-state index in [4.69, 9.17) is 4.74 Å². The number of hydrogen-bond donors (Lipinski definition) is 1. The lowest BCUT2D eigenvalue weighted by atomic mass is 9.45. The molecule has 1 N–H and O–H groups in total. The number of aliphatic hydroxyl groups excluding tert-OH is 1. The van der Waals surface area contributed by atoms with Crippen LogP contribution in [-0.4, -0.2) is 24.9 Å². The Hall–Kier alpha value is -0.0800. The number of methoxy groups -OCH3 is 1. The Morgan fingerprint density at radius 1 is 1.08 bits per heavy atom. The highest BCUT2D eigenvalue weighted by Gasteiger charge is 2.77. The summed E-state index contributed by atoms with van der Waals surface area (Å²) in [4.78, 5) is 0. The summed E-state index contributed by atoms with van der Waals surface area (Å²) >= 11 is 0. The van der Waals surface area contributed by atoms with Crippen molar-refractivity contribution in [1.29, 1.82) is 0 Å². The highest BCUT2D eigenvalue weighted by Crippen LogP contribution is 2.82. The lowest BCUT2D eigenvalue weighted by Crippen LogP contribution is -2.57. The van der Waals surface area contributed by atoms with Gasteiger partial charge in [-0.2, -0.15) is 0 Å². The number of fused-ring (bicyclic) bond motifs is 4. The zero-order valence-electron chi connectivity index (χ0n) is 16.8. The first-order valence-corrected chi connectivity index (χ1v) is 11.1. The van der Waals surface area contributed by atoms with Crippen LogP contribution in [0.25, 0.3) is 0 Å². The third-order valence-corrected chi connectivity index (χ3v) is 10.9. The quantitative estimate of drug-likeness (QED) is 0.787. The van der Waals surface area contributed by atoms with Crippen LogP contribution in [0.5, 0.6) is 0 Å². The standard InChI is InChI=1S/C23H38O2/c1-14(13-24)17-5-6-18-16-11-20(25-4)23-12-15(23)7-10-22(23,3)19(16)8-9-21(17,18)2/h14-20,24H,5-13H2,1-4H3/t14-,15-,16+,17-,18+,19+,20?,21-,22-,23?/m1/s1. The van der Waals surface area contributed by atoms with Gasteiger partial charge in [0.1, 0.15) is 0 Å². The molecule has 0 heterocycles. The largest absolute Gasteiger partial charge is 0.396 e. The van der Waals surface area contributed by atoms with Crippen LogP contribution in [0.2, 0.25) is 0 Å². The highest BCUT2D eigenvalue weighted by atomic mass is 16.5. The molecule has 0 bridgehead atoms. The molecule has 1 spiro atoms. The molecule has 5 aliphatic rings. The summed E-state index contributed by atoms with van der Waals surface area (Å²) in [5.41, 5.74) is 1.56. The van der Waals surface area contributed by atoms with E-state index >= 15 is 0 Å². The number of rotatable bonds is 3. The summed E-state index contributed by atoms with van der Waals surface area (Å²) in [6.45, 7) is 7.89. The fourth-order valence-corrected chi connectivity index (χ4v) is 9.68. The Bertz CT molecular complexity index is 560. The van der Waals surface area contributed by atoms with Crippen molar-refractivity contribution in [2.24, 2.45) is 51.8 Å². The second-order valence-corrected chi connectivity index (χ2v) is 11.1. The van der Waals surface area contributed by atoms with Gasteiger partial charge in [-0.15, -0.1) is 0 Å². The topological polar surface area (TPSA) is 29.5 Å². The predicted octanol–water partition coefficient (Wildman–Crippen LogP) is 4.90. The molecular formula is C23H38O2. The van der Waals surface area contributed by atoms with Crippen molar-refractivity contribution < 1.29 is 9.84 Å². The first-order valence-electron chi connectivity index (χ1n) is 11.1. The minimum atomic E-state index is 0.365.